The first-order chi connectivity index (χ1) is 10.2. The molecule has 1 saturated heterocycles. The van der Waals surface area contributed by atoms with Crippen LogP contribution in [0.15, 0.2) is 24.3 Å². The van der Waals surface area contributed by atoms with Crippen LogP contribution in [-0.4, -0.2) is 43.5 Å². The molecule has 6 heteroatoms. The molecule has 2 rings (SSSR count). The van der Waals surface area contributed by atoms with Crippen LogP contribution in [0.2, 0.25) is 0 Å². The molecule has 1 heterocycles. The fraction of sp³-hybridized carbons (Fsp3) is 0.500. The summed E-state index contributed by atoms with van der Waals surface area (Å²) in [6.07, 6.45) is 4.27. The number of piperidine rings is 1. The second kappa shape index (κ2) is 9.43. The predicted molar refractivity (Wildman–Crippen MR) is 82.4 cm³/mol. The number of nitrogens with one attached hydrogen (secondary N) is 1. The van der Waals surface area contributed by atoms with Gasteiger partial charge in [0.25, 0.3) is 0 Å². The fourth-order valence-electron chi connectivity index (χ4n) is 2.47. The van der Waals surface area contributed by atoms with Gasteiger partial charge in [0.1, 0.15) is 0 Å². The van der Waals surface area contributed by atoms with Crippen molar-refractivity contribution in [2.24, 2.45) is 0 Å². The summed E-state index contributed by atoms with van der Waals surface area (Å²) in [7, 11) is 1.35. The van der Waals surface area contributed by atoms with Crippen molar-refractivity contribution in [2.75, 3.05) is 32.1 Å². The van der Waals surface area contributed by atoms with E-state index in [0.29, 0.717) is 17.7 Å². The molecule has 122 valence electrons. The number of nitrogens with zero attached hydrogens (tertiary/aromatic N) is 1. The van der Waals surface area contributed by atoms with Gasteiger partial charge in [0.05, 0.1) is 12.7 Å². The third-order valence-electron chi connectivity index (χ3n) is 3.69. The van der Waals surface area contributed by atoms with Crippen LogP contribution in [0.4, 0.5) is 5.69 Å². The Labute approximate surface area is 138 Å². The summed E-state index contributed by atoms with van der Waals surface area (Å²) in [4.78, 5) is 25.5. The number of methoxy groups -OCH3 is 1. The van der Waals surface area contributed by atoms with E-state index in [1.807, 2.05) is 0 Å². The molecule has 1 aliphatic rings. The second-order valence-corrected chi connectivity index (χ2v) is 5.27. The Hall–Kier alpha value is -1.59. The normalized spacial score (nSPS) is 14.8. The van der Waals surface area contributed by atoms with Crippen LogP contribution in [0.1, 0.15) is 37.5 Å². The highest BCUT2D eigenvalue weighted by Gasteiger charge is 2.12. The molecule has 0 bridgehead atoms. The van der Waals surface area contributed by atoms with Crippen LogP contribution in [0.25, 0.3) is 0 Å². The third kappa shape index (κ3) is 5.66. The van der Waals surface area contributed by atoms with Crippen molar-refractivity contribution < 1.29 is 28.2 Å². The summed E-state index contributed by atoms with van der Waals surface area (Å²) in [5.41, 5.74) is 1.18. The molecule has 0 aromatic heterocycles. The third-order valence-corrected chi connectivity index (χ3v) is 3.69. The van der Waals surface area contributed by atoms with Gasteiger partial charge in [-0.3, -0.25) is 4.79 Å². The van der Waals surface area contributed by atoms with E-state index in [4.69, 9.17) is 0 Å². The quantitative estimate of drug-likeness (QED) is 0.735. The minimum atomic E-state index is -0.377. The molecule has 0 spiro atoms. The van der Waals surface area contributed by atoms with Crippen LogP contribution < -0.4 is 17.7 Å². The lowest BCUT2D eigenvalue weighted by atomic mass is 10.1. The zero-order valence-corrected chi connectivity index (χ0v) is 13.6. The number of carbonyl (C=O) groups excluding carboxylic acids is 2. The maximum absolute atomic E-state index is 11.9. The van der Waals surface area contributed by atoms with Gasteiger partial charge in [0.2, 0.25) is 5.91 Å². The van der Waals surface area contributed by atoms with E-state index in [-0.39, 0.29) is 25.7 Å². The van der Waals surface area contributed by atoms with Gasteiger partial charge in [-0.25, -0.2) is 4.79 Å². The lowest BCUT2D eigenvalue weighted by molar-refractivity contribution is -0.116. The second-order valence-electron chi connectivity index (χ2n) is 5.27. The Bertz CT molecular complexity index is 491. The summed E-state index contributed by atoms with van der Waals surface area (Å²) < 4.78 is 4.63. The Kier molecular flexibility index (Phi) is 7.91. The largest absolute Gasteiger partial charge is 1.00 e. The number of anilines is 1. The fourth-order valence-corrected chi connectivity index (χ4v) is 2.47. The number of hydrogen-bond acceptors (Lipinski definition) is 4. The van der Waals surface area contributed by atoms with Gasteiger partial charge >= 0.3 is 7.40 Å². The Morgan fingerprint density at radius 2 is 1.82 bits per heavy atom. The first-order valence-electron chi connectivity index (χ1n) is 7.39. The molecule has 22 heavy (non-hydrogen) atoms. The standard InChI is InChI=1S/C16H22N2O3.ClH/c1-21-16(20)13-5-7-14(8-6-13)17-15(19)9-12-18-10-3-2-4-11-18;/h5-8H,2-4,9-12H2,1H3,(H,17,19);1H. The monoisotopic (exact) mass is 326 g/mol. The number of carbonyl (C=O) groups is 2. The van der Waals surface area contributed by atoms with E-state index < -0.39 is 0 Å². The smallest absolute Gasteiger partial charge is 1.00 e. The molecule has 5 nitrogen and oxygen atoms in total. The Balaban J connectivity index is 0.00000242. The first kappa shape index (κ1) is 18.5. The van der Waals surface area contributed by atoms with Crippen LogP contribution >= 0.6 is 0 Å². The minimum Gasteiger partial charge on any atom is -1.00 e. The molecule has 0 aliphatic carbocycles. The summed E-state index contributed by atoms with van der Waals surface area (Å²) >= 11 is 0. The molecule has 1 aromatic carbocycles. The van der Waals surface area contributed by atoms with E-state index in [1.165, 1.54) is 26.4 Å². The average molecular weight is 327 g/mol. The maximum Gasteiger partial charge on any atom is 1.00 e. The van der Waals surface area contributed by atoms with Gasteiger partial charge in [0, 0.05) is 18.7 Å². The van der Waals surface area contributed by atoms with Crippen LogP contribution in [0, 0.1) is 0 Å². The zero-order valence-electron chi connectivity index (χ0n) is 13.8. The number of esters is 1. The number of ether oxygens (including phenoxy) is 1. The molecular weight excluding hydrogens is 304 g/mol. The summed E-state index contributed by atoms with van der Waals surface area (Å²) in [6.45, 7) is 3.01. The first-order valence-corrected chi connectivity index (χ1v) is 7.39. The summed E-state index contributed by atoms with van der Waals surface area (Å²) in [5.74, 6) is -0.371. The molecular formula is C16H23ClN2O3. The van der Waals surface area contributed by atoms with Crippen molar-refractivity contribution in [2.45, 2.75) is 25.7 Å². The topological polar surface area (TPSA) is 58.6 Å². The Morgan fingerprint density at radius 3 is 2.41 bits per heavy atom. The van der Waals surface area contributed by atoms with Crippen molar-refractivity contribution in [3.63, 3.8) is 0 Å². The van der Waals surface area contributed by atoms with Gasteiger partial charge in [-0.2, -0.15) is 0 Å². The minimum absolute atomic E-state index is 0. The predicted octanol–water partition coefficient (Wildman–Crippen LogP) is -0.596. The molecule has 0 unspecified atom stereocenters. The average Bonchev–Trinajstić information content (AvgIpc) is 2.54. The number of rotatable bonds is 5. The molecule has 1 N–H and O–H groups in total. The molecule has 0 saturated carbocycles. The Morgan fingerprint density at radius 1 is 1.18 bits per heavy atom. The van der Waals surface area contributed by atoms with Gasteiger partial charge in [-0.05, 0) is 50.2 Å². The lowest BCUT2D eigenvalue weighted by Gasteiger charge is -2.25. The van der Waals surface area contributed by atoms with E-state index in [2.05, 4.69) is 15.0 Å². The SMILES string of the molecule is COC(=O)c1ccc(NC(=O)CCN2CCCCC2)cc1.[Cl-].[H+]. The zero-order chi connectivity index (χ0) is 15.1. The number of halogens is 1. The van der Waals surface area contributed by atoms with Crippen LogP contribution in [0.3, 0.4) is 0 Å². The van der Waals surface area contributed by atoms with E-state index in [0.717, 1.165) is 19.6 Å². The van der Waals surface area contributed by atoms with Crippen molar-refractivity contribution in [1.82, 2.24) is 4.90 Å². The van der Waals surface area contributed by atoms with Crippen LogP contribution in [-0.2, 0) is 9.53 Å². The van der Waals surface area contributed by atoms with Crippen molar-refractivity contribution >= 4 is 17.6 Å². The van der Waals surface area contributed by atoms with Gasteiger partial charge in [0.15, 0.2) is 0 Å². The van der Waals surface area contributed by atoms with Gasteiger partial charge in [-0.15, -0.1) is 0 Å². The molecule has 1 aliphatic heterocycles. The molecule has 0 radical (unpaired) electrons. The number of likely N-dealkylation sites (tertiary alicyclic amines) is 1. The number of amides is 1. The molecule has 0 atom stereocenters. The van der Waals surface area contributed by atoms with Gasteiger partial charge < -0.3 is 27.4 Å². The highest BCUT2D eigenvalue weighted by atomic mass is 35.5. The summed E-state index contributed by atoms with van der Waals surface area (Å²) in [6, 6.07) is 6.72. The van der Waals surface area contributed by atoms with E-state index in [1.54, 1.807) is 24.3 Å². The highest BCUT2D eigenvalue weighted by molar-refractivity contribution is 5.93. The summed E-state index contributed by atoms with van der Waals surface area (Å²) in [5, 5.41) is 2.85. The lowest BCUT2D eigenvalue weighted by Crippen LogP contribution is -3.00. The molecule has 1 fully saturated rings. The van der Waals surface area contributed by atoms with Crippen molar-refractivity contribution in [3.05, 3.63) is 29.8 Å². The van der Waals surface area contributed by atoms with E-state index >= 15 is 0 Å². The number of hydrogen-bond donors (Lipinski definition) is 1. The molecule has 1 amide bonds. The number of benzene rings is 1. The maximum atomic E-state index is 11.9. The molecule has 1 aromatic rings. The van der Waals surface area contributed by atoms with Gasteiger partial charge in [-0.1, -0.05) is 6.42 Å². The van der Waals surface area contributed by atoms with E-state index in [9.17, 15) is 9.59 Å². The highest BCUT2D eigenvalue weighted by Crippen LogP contribution is 2.12. The van der Waals surface area contributed by atoms with Crippen molar-refractivity contribution in [1.29, 1.82) is 0 Å². The van der Waals surface area contributed by atoms with Crippen LogP contribution in [0.5, 0.6) is 0 Å². The van der Waals surface area contributed by atoms with Crippen molar-refractivity contribution in [3.8, 4) is 0 Å².